The largest absolute Gasteiger partial charge is 0.376 e. The summed E-state index contributed by atoms with van der Waals surface area (Å²) < 4.78 is 21.9. The molecular weight excluding hydrogens is 244 g/mol. The Labute approximate surface area is 118 Å². The lowest BCUT2D eigenvalue weighted by atomic mass is 10.3. The Morgan fingerprint density at radius 3 is 1.53 bits per heavy atom. The monoisotopic (exact) mass is 276 g/mol. The Morgan fingerprint density at radius 1 is 0.737 bits per heavy atom. The third-order valence-electron chi connectivity index (χ3n) is 2.67. The van der Waals surface area contributed by atoms with Crippen molar-refractivity contribution in [1.82, 2.24) is 0 Å². The summed E-state index contributed by atoms with van der Waals surface area (Å²) in [5.41, 5.74) is 0. The minimum atomic E-state index is 0.133. The molecule has 0 rings (SSSR count). The van der Waals surface area contributed by atoms with Crippen molar-refractivity contribution in [3.8, 4) is 0 Å². The normalized spacial score (nSPS) is 14.5. The minimum Gasteiger partial charge on any atom is -0.376 e. The van der Waals surface area contributed by atoms with Crippen LogP contribution < -0.4 is 0 Å². The molecule has 0 aliphatic carbocycles. The molecule has 0 heterocycles. The molecule has 116 valence electrons. The van der Waals surface area contributed by atoms with Crippen LogP contribution in [0.1, 0.15) is 53.4 Å². The van der Waals surface area contributed by atoms with Gasteiger partial charge in [-0.25, -0.2) is 0 Å². The van der Waals surface area contributed by atoms with Gasteiger partial charge in [0.1, 0.15) is 6.79 Å². The maximum Gasteiger partial charge on any atom is 0.146 e. The van der Waals surface area contributed by atoms with Crippen LogP contribution in [-0.2, 0) is 18.9 Å². The van der Waals surface area contributed by atoms with E-state index in [0.717, 1.165) is 38.9 Å². The molecule has 0 saturated heterocycles. The Bertz CT molecular complexity index is 158. The number of hydrogen-bond acceptors (Lipinski definition) is 4. The first kappa shape index (κ1) is 18.8. The fourth-order valence-electron chi connectivity index (χ4n) is 1.44. The fraction of sp³-hybridized carbons (Fsp3) is 1.00. The van der Waals surface area contributed by atoms with Crippen LogP contribution in [0.5, 0.6) is 0 Å². The number of unbranched alkanes of at least 4 members (excludes halogenated alkanes) is 2. The Morgan fingerprint density at radius 2 is 1.16 bits per heavy atom. The molecule has 0 radical (unpaired) electrons. The van der Waals surface area contributed by atoms with Crippen molar-refractivity contribution in [2.45, 2.75) is 65.6 Å². The van der Waals surface area contributed by atoms with E-state index in [1.807, 2.05) is 13.8 Å². The molecule has 0 N–H and O–H groups in total. The highest BCUT2D eigenvalue weighted by Gasteiger charge is 2.04. The second-order valence-electron chi connectivity index (χ2n) is 4.93. The third-order valence-corrected chi connectivity index (χ3v) is 2.67. The van der Waals surface area contributed by atoms with E-state index in [4.69, 9.17) is 18.9 Å². The molecule has 0 aromatic carbocycles. The highest BCUT2D eigenvalue weighted by molar-refractivity contribution is 4.48. The van der Waals surface area contributed by atoms with Gasteiger partial charge in [0, 0.05) is 13.2 Å². The van der Waals surface area contributed by atoms with Crippen LogP contribution in [0, 0.1) is 0 Å². The van der Waals surface area contributed by atoms with Crippen LogP contribution in [0.2, 0.25) is 0 Å². The van der Waals surface area contributed by atoms with E-state index in [0.29, 0.717) is 20.0 Å². The molecule has 19 heavy (non-hydrogen) atoms. The second kappa shape index (κ2) is 14.3. The van der Waals surface area contributed by atoms with E-state index in [9.17, 15) is 0 Å². The predicted octanol–water partition coefficient (Wildman–Crippen LogP) is 3.39. The zero-order chi connectivity index (χ0) is 14.3. The standard InChI is InChI=1S/C15H32O4/c1-5-7-9-18-14(3)11-16-13-17-12-15(4)19-10-8-6-2/h14-15H,5-13H2,1-4H3. The van der Waals surface area contributed by atoms with Crippen LogP contribution in [-0.4, -0.2) is 45.4 Å². The van der Waals surface area contributed by atoms with Gasteiger partial charge in [-0.05, 0) is 26.7 Å². The van der Waals surface area contributed by atoms with Gasteiger partial charge < -0.3 is 18.9 Å². The van der Waals surface area contributed by atoms with E-state index in [1.165, 1.54) is 0 Å². The van der Waals surface area contributed by atoms with Gasteiger partial charge in [0.15, 0.2) is 0 Å². The molecule has 2 atom stereocenters. The molecule has 0 aromatic rings. The minimum absolute atomic E-state index is 0.133. The third kappa shape index (κ3) is 14.1. The molecule has 0 aromatic heterocycles. The van der Waals surface area contributed by atoms with Crippen LogP contribution >= 0.6 is 0 Å². The van der Waals surface area contributed by atoms with Crippen molar-refractivity contribution < 1.29 is 18.9 Å². The topological polar surface area (TPSA) is 36.9 Å². The number of rotatable bonds is 14. The quantitative estimate of drug-likeness (QED) is 0.360. The van der Waals surface area contributed by atoms with Gasteiger partial charge in [-0.3, -0.25) is 0 Å². The maximum atomic E-state index is 5.57. The summed E-state index contributed by atoms with van der Waals surface area (Å²) >= 11 is 0. The van der Waals surface area contributed by atoms with E-state index in [-0.39, 0.29) is 12.2 Å². The molecule has 0 aliphatic rings. The van der Waals surface area contributed by atoms with Gasteiger partial charge >= 0.3 is 0 Å². The molecule has 0 spiro atoms. The Hall–Kier alpha value is -0.160. The zero-order valence-electron chi connectivity index (χ0n) is 13.2. The van der Waals surface area contributed by atoms with Crippen LogP contribution in [0.15, 0.2) is 0 Å². The first-order valence-corrected chi connectivity index (χ1v) is 7.59. The van der Waals surface area contributed by atoms with Crippen molar-refractivity contribution in [3.63, 3.8) is 0 Å². The first-order chi connectivity index (χ1) is 9.20. The highest BCUT2D eigenvalue weighted by Crippen LogP contribution is 1.98. The summed E-state index contributed by atoms with van der Waals surface area (Å²) in [6.45, 7) is 11.4. The van der Waals surface area contributed by atoms with E-state index >= 15 is 0 Å². The van der Waals surface area contributed by atoms with Crippen molar-refractivity contribution in [3.05, 3.63) is 0 Å². The van der Waals surface area contributed by atoms with Crippen molar-refractivity contribution in [2.75, 3.05) is 33.2 Å². The molecule has 2 unspecified atom stereocenters. The number of hydrogen-bond donors (Lipinski definition) is 0. The smallest absolute Gasteiger partial charge is 0.146 e. The highest BCUT2D eigenvalue weighted by atomic mass is 16.7. The molecule has 0 aliphatic heterocycles. The molecule has 0 bridgehead atoms. The van der Waals surface area contributed by atoms with Crippen LogP contribution in [0.25, 0.3) is 0 Å². The molecule has 0 saturated carbocycles. The molecule has 4 heteroatoms. The lowest BCUT2D eigenvalue weighted by Crippen LogP contribution is -2.21. The summed E-state index contributed by atoms with van der Waals surface area (Å²) in [6.07, 6.45) is 4.79. The van der Waals surface area contributed by atoms with Crippen LogP contribution in [0.3, 0.4) is 0 Å². The molecular formula is C15H32O4. The van der Waals surface area contributed by atoms with Gasteiger partial charge in [0.2, 0.25) is 0 Å². The van der Waals surface area contributed by atoms with E-state index in [1.54, 1.807) is 0 Å². The lowest BCUT2D eigenvalue weighted by Gasteiger charge is -2.15. The summed E-state index contributed by atoms with van der Waals surface area (Å²) in [6, 6.07) is 0. The first-order valence-electron chi connectivity index (χ1n) is 7.59. The molecule has 0 amide bonds. The van der Waals surface area contributed by atoms with E-state index in [2.05, 4.69) is 13.8 Å². The molecule has 0 fully saturated rings. The van der Waals surface area contributed by atoms with Crippen LogP contribution in [0.4, 0.5) is 0 Å². The summed E-state index contributed by atoms with van der Waals surface area (Å²) in [5, 5.41) is 0. The SMILES string of the molecule is CCCCOC(C)COCOCC(C)OCCCC. The summed E-state index contributed by atoms with van der Waals surface area (Å²) in [5.74, 6) is 0. The maximum absolute atomic E-state index is 5.57. The average Bonchev–Trinajstić information content (AvgIpc) is 2.39. The van der Waals surface area contributed by atoms with Crippen molar-refractivity contribution in [1.29, 1.82) is 0 Å². The van der Waals surface area contributed by atoms with Crippen molar-refractivity contribution >= 4 is 0 Å². The average molecular weight is 276 g/mol. The van der Waals surface area contributed by atoms with Gasteiger partial charge in [-0.1, -0.05) is 26.7 Å². The summed E-state index contributed by atoms with van der Waals surface area (Å²) in [4.78, 5) is 0. The van der Waals surface area contributed by atoms with Crippen molar-refractivity contribution in [2.24, 2.45) is 0 Å². The van der Waals surface area contributed by atoms with E-state index < -0.39 is 0 Å². The zero-order valence-corrected chi connectivity index (χ0v) is 13.2. The predicted molar refractivity (Wildman–Crippen MR) is 77.4 cm³/mol. The van der Waals surface area contributed by atoms with Gasteiger partial charge in [0.25, 0.3) is 0 Å². The second-order valence-corrected chi connectivity index (χ2v) is 4.93. The summed E-state index contributed by atoms with van der Waals surface area (Å²) in [7, 11) is 0. The fourth-order valence-corrected chi connectivity index (χ4v) is 1.44. The molecule has 4 nitrogen and oxygen atoms in total. The Kier molecular flexibility index (Phi) is 14.1. The number of ether oxygens (including phenoxy) is 4. The van der Waals surface area contributed by atoms with Gasteiger partial charge in [0.05, 0.1) is 25.4 Å². The van der Waals surface area contributed by atoms with Gasteiger partial charge in [-0.15, -0.1) is 0 Å². The Balaban J connectivity index is 3.24. The van der Waals surface area contributed by atoms with Gasteiger partial charge in [-0.2, -0.15) is 0 Å². The lowest BCUT2D eigenvalue weighted by molar-refractivity contribution is -0.110.